The summed E-state index contributed by atoms with van der Waals surface area (Å²) in [6.07, 6.45) is 2.10. The number of aryl methyl sites for hydroxylation is 2. The van der Waals surface area contributed by atoms with Crippen LogP contribution in [0.25, 0.3) is 28.3 Å². The standard InChI is InChI=1S/C23H25ClN6O2/c1-5-16(6-2)28-9-10-29-20-19(28)11-13(3)25-21(20)30(23(29)31)18-8-7-15(12-17(18)24)22-26-14(4)27-32-22/h7-8,11-12,16H,5-6,9-10H2,1-4H3. The monoisotopic (exact) mass is 452 g/mol. The SMILES string of the molecule is CCC(CC)N1CCn2c(=O)n(-c3ccc(-c4nc(C)no4)cc3Cl)c3nc(C)cc1c32. The summed E-state index contributed by atoms with van der Waals surface area (Å²) in [4.78, 5) is 24.9. The molecule has 4 aromatic rings. The molecule has 0 bridgehead atoms. The molecule has 5 rings (SSSR count). The molecule has 8 nitrogen and oxygen atoms in total. The molecule has 0 radical (unpaired) electrons. The third-order valence-corrected chi connectivity index (χ3v) is 6.51. The van der Waals surface area contributed by atoms with Gasteiger partial charge in [0.2, 0.25) is 0 Å². The number of halogens is 1. The lowest BCUT2D eigenvalue weighted by Crippen LogP contribution is -2.41. The molecule has 1 aliphatic rings. The van der Waals surface area contributed by atoms with Crippen molar-refractivity contribution in [2.75, 3.05) is 11.4 Å². The number of aromatic nitrogens is 5. The maximum atomic E-state index is 13.5. The Balaban J connectivity index is 1.71. The van der Waals surface area contributed by atoms with Gasteiger partial charge in [0.1, 0.15) is 5.52 Å². The van der Waals surface area contributed by atoms with E-state index in [4.69, 9.17) is 21.1 Å². The van der Waals surface area contributed by atoms with Crippen LogP contribution < -0.4 is 10.6 Å². The van der Waals surface area contributed by atoms with Crippen molar-refractivity contribution < 1.29 is 4.52 Å². The minimum atomic E-state index is -0.133. The van der Waals surface area contributed by atoms with Crippen LogP contribution in [0.3, 0.4) is 0 Å². The van der Waals surface area contributed by atoms with Crippen LogP contribution in [0.4, 0.5) is 5.69 Å². The van der Waals surface area contributed by atoms with Gasteiger partial charge >= 0.3 is 5.69 Å². The Labute approximate surface area is 190 Å². The van der Waals surface area contributed by atoms with Gasteiger partial charge in [-0.2, -0.15) is 4.98 Å². The lowest BCUT2D eigenvalue weighted by molar-refractivity contribution is 0.425. The van der Waals surface area contributed by atoms with Gasteiger partial charge in [0.05, 0.1) is 16.4 Å². The number of nitrogens with zero attached hydrogens (tertiary/aromatic N) is 6. The molecular formula is C23H25ClN6O2. The first kappa shape index (κ1) is 20.8. The molecule has 3 aromatic heterocycles. The second kappa shape index (κ2) is 7.78. The first-order chi connectivity index (χ1) is 15.4. The van der Waals surface area contributed by atoms with Crippen molar-refractivity contribution in [3.8, 4) is 17.1 Å². The number of benzene rings is 1. The van der Waals surface area contributed by atoms with E-state index in [9.17, 15) is 4.79 Å². The zero-order valence-corrected chi connectivity index (χ0v) is 19.3. The number of pyridine rings is 1. The fraction of sp³-hybridized carbons (Fsp3) is 0.391. The number of imidazole rings is 1. The second-order valence-electron chi connectivity index (χ2n) is 8.20. The zero-order valence-electron chi connectivity index (χ0n) is 18.6. The second-order valence-corrected chi connectivity index (χ2v) is 8.61. The highest BCUT2D eigenvalue weighted by molar-refractivity contribution is 6.32. The first-order valence-corrected chi connectivity index (χ1v) is 11.3. The Bertz CT molecular complexity index is 1380. The summed E-state index contributed by atoms with van der Waals surface area (Å²) >= 11 is 6.67. The lowest BCUT2D eigenvalue weighted by atomic mass is 10.1. The van der Waals surface area contributed by atoms with Crippen LogP contribution in [-0.2, 0) is 6.54 Å². The molecule has 0 spiro atoms. The molecule has 0 unspecified atom stereocenters. The predicted molar refractivity (Wildman–Crippen MR) is 125 cm³/mol. The summed E-state index contributed by atoms with van der Waals surface area (Å²) in [5, 5.41) is 4.25. The van der Waals surface area contributed by atoms with Crippen molar-refractivity contribution in [3.63, 3.8) is 0 Å². The predicted octanol–water partition coefficient (Wildman–Crippen LogP) is 4.52. The highest BCUT2D eigenvalue weighted by atomic mass is 35.5. The molecule has 166 valence electrons. The van der Waals surface area contributed by atoms with Crippen molar-refractivity contribution in [1.82, 2.24) is 24.3 Å². The van der Waals surface area contributed by atoms with Crippen molar-refractivity contribution in [2.24, 2.45) is 0 Å². The third kappa shape index (κ3) is 3.12. The highest BCUT2D eigenvalue weighted by Gasteiger charge is 2.29. The quantitative estimate of drug-likeness (QED) is 0.443. The molecule has 0 N–H and O–H groups in total. The summed E-state index contributed by atoms with van der Waals surface area (Å²) in [6.45, 7) is 9.55. The van der Waals surface area contributed by atoms with Crippen molar-refractivity contribution in [2.45, 2.75) is 53.1 Å². The van der Waals surface area contributed by atoms with Crippen LogP contribution in [0, 0.1) is 13.8 Å². The van der Waals surface area contributed by atoms with Crippen LogP contribution in [0.5, 0.6) is 0 Å². The third-order valence-electron chi connectivity index (χ3n) is 6.21. The van der Waals surface area contributed by atoms with Gasteiger partial charge in [-0.1, -0.05) is 30.6 Å². The minimum absolute atomic E-state index is 0.133. The van der Waals surface area contributed by atoms with Gasteiger partial charge in [0.25, 0.3) is 5.89 Å². The molecule has 1 aliphatic heterocycles. The normalized spacial score (nSPS) is 13.5. The fourth-order valence-electron chi connectivity index (χ4n) is 4.67. The van der Waals surface area contributed by atoms with Crippen molar-refractivity contribution in [1.29, 1.82) is 0 Å². The summed E-state index contributed by atoms with van der Waals surface area (Å²) in [7, 11) is 0. The smallest absolute Gasteiger partial charge is 0.335 e. The maximum Gasteiger partial charge on any atom is 0.335 e. The average Bonchev–Trinajstić information content (AvgIpc) is 3.32. The minimum Gasteiger partial charge on any atom is -0.365 e. The van der Waals surface area contributed by atoms with Crippen molar-refractivity contribution >= 4 is 28.5 Å². The van der Waals surface area contributed by atoms with E-state index in [1.165, 1.54) is 0 Å². The summed E-state index contributed by atoms with van der Waals surface area (Å²) in [5.74, 6) is 0.938. The molecule has 0 fully saturated rings. The van der Waals surface area contributed by atoms with E-state index in [0.717, 1.165) is 36.3 Å². The van der Waals surface area contributed by atoms with Gasteiger partial charge in [0.15, 0.2) is 11.5 Å². The van der Waals surface area contributed by atoms with Crippen LogP contribution in [-0.4, -0.2) is 36.8 Å². The Morgan fingerprint density at radius 3 is 2.53 bits per heavy atom. The number of hydrogen-bond acceptors (Lipinski definition) is 6. The van der Waals surface area contributed by atoms with Crippen molar-refractivity contribution in [3.05, 3.63) is 51.3 Å². The fourth-order valence-corrected chi connectivity index (χ4v) is 4.94. The summed E-state index contributed by atoms with van der Waals surface area (Å²) in [6, 6.07) is 7.89. The van der Waals surface area contributed by atoms with Gasteiger partial charge in [-0.3, -0.25) is 4.57 Å². The van der Waals surface area contributed by atoms with E-state index < -0.39 is 0 Å². The highest BCUT2D eigenvalue weighted by Crippen LogP contribution is 2.35. The van der Waals surface area contributed by atoms with E-state index in [1.54, 1.807) is 17.6 Å². The molecule has 4 heterocycles. The van der Waals surface area contributed by atoms with Crippen LogP contribution >= 0.6 is 11.6 Å². The van der Waals surface area contributed by atoms with Gasteiger partial charge < -0.3 is 9.42 Å². The van der Waals surface area contributed by atoms with E-state index in [0.29, 0.717) is 46.2 Å². The molecule has 0 saturated carbocycles. The molecule has 32 heavy (non-hydrogen) atoms. The van der Waals surface area contributed by atoms with Crippen LogP contribution in [0.1, 0.15) is 38.2 Å². The maximum absolute atomic E-state index is 13.5. The molecule has 0 atom stereocenters. The summed E-state index contributed by atoms with van der Waals surface area (Å²) in [5.41, 5.74) is 4.58. The summed E-state index contributed by atoms with van der Waals surface area (Å²) < 4.78 is 8.69. The Kier molecular flexibility index (Phi) is 5.04. The van der Waals surface area contributed by atoms with E-state index in [2.05, 4.69) is 35.0 Å². The van der Waals surface area contributed by atoms with Gasteiger partial charge in [-0.05, 0) is 51.0 Å². The molecular weight excluding hydrogens is 428 g/mol. The van der Waals surface area contributed by atoms with Crippen LogP contribution in [0.15, 0.2) is 33.6 Å². The van der Waals surface area contributed by atoms with Gasteiger partial charge in [-0.25, -0.2) is 14.3 Å². The topological polar surface area (TPSA) is 82.0 Å². The largest absolute Gasteiger partial charge is 0.365 e. The van der Waals surface area contributed by atoms with Gasteiger partial charge in [0, 0.05) is 30.4 Å². The molecule has 1 aromatic carbocycles. The Morgan fingerprint density at radius 1 is 1.09 bits per heavy atom. The van der Waals surface area contributed by atoms with E-state index in [-0.39, 0.29) is 5.69 Å². The van der Waals surface area contributed by atoms with Gasteiger partial charge in [-0.15, -0.1) is 0 Å². The van der Waals surface area contributed by atoms with E-state index in [1.807, 2.05) is 23.6 Å². The Hall–Kier alpha value is -3.13. The number of rotatable bonds is 5. The Morgan fingerprint density at radius 2 is 1.88 bits per heavy atom. The van der Waals surface area contributed by atoms with E-state index >= 15 is 0 Å². The molecule has 0 aliphatic carbocycles. The lowest BCUT2D eigenvalue weighted by Gasteiger charge is -2.36. The molecule has 0 amide bonds. The average molecular weight is 453 g/mol. The van der Waals surface area contributed by atoms with Crippen LogP contribution in [0.2, 0.25) is 5.02 Å². The molecule has 0 saturated heterocycles. The number of hydrogen-bond donors (Lipinski definition) is 0. The molecule has 9 heteroatoms. The zero-order chi connectivity index (χ0) is 22.6. The first-order valence-electron chi connectivity index (χ1n) is 10.9. The number of anilines is 1.